The van der Waals surface area contributed by atoms with Gasteiger partial charge in [0.05, 0.1) is 0 Å². The molecular formula is C19H21NO. The second kappa shape index (κ2) is 5.72. The van der Waals surface area contributed by atoms with Crippen molar-refractivity contribution >= 4 is 5.91 Å². The van der Waals surface area contributed by atoms with Crippen LogP contribution in [0.4, 0.5) is 0 Å². The van der Waals surface area contributed by atoms with Crippen molar-refractivity contribution in [3.63, 3.8) is 0 Å². The summed E-state index contributed by atoms with van der Waals surface area (Å²) in [6, 6.07) is 17.3. The third kappa shape index (κ3) is 2.99. The molecular weight excluding hydrogens is 258 g/mol. The quantitative estimate of drug-likeness (QED) is 0.842. The highest BCUT2D eigenvalue weighted by Gasteiger charge is 2.28. The van der Waals surface area contributed by atoms with Crippen molar-refractivity contribution in [1.82, 2.24) is 4.90 Å². The van der Waals surface area contributed by atoms with E-state index in [4.69, 9.17) is 0 Å². The molecule has 0 aliphatic heterocycles. The van der Waals surface area contributed by atoms with Crippen LogP contribution in [-0.2, 0) is 24.2 Å². The number of carbonyl (C=O) groups is 1. The Balaban J connectivity index is 1.77. The molecule has 0 N–H and O–H groups in total. The van der Waals surface area contributed by atoms with E-state index in [0.29, 0.717) is 12.6 Å². The second-order valence-electron chi connectivity index (χ2n) is 5.96. The highest BCUT2D eigenvalue weighted by molar-refractivity contribution is 5.74. The number of rotatable bonds is 3. The van der Waals surface area contributed by atoms with Gasteiger partial charge >= 0.3 is 0 Å². The van der Waals surface area contributed by atoms with Crippen LogP contribution in [-0.4, -0.2) is 16.8 Å². The maximum atomic E-state index is 12.1. The molecule has 0 radical (unpaired) electrons. The third-order valence-corrected chi connectivity index (χ3v) is 4.35. The Labute approximate surface area is 126 Å². The van der Waals surface area contributed by atoms with Gasteiger partial charge in [-0.25, -0.2) is 0 Å². The Bertz CT molecular complexity index is 620. The Kier molecular flexibility index (Phi) is 3.78. The topological polar surface area (TPSA) is 20.3 Å². The molecule has 0 aromatic heterocycles. The molecule has 108 valence electrons. The first-order valence-electron chi connectivity index (χ1n) is 7.53. The van der Waals surface area contributed by atoms with Crippen LogP contribution >= 0.6 is 0 Å². The standard InChI is InChI=1S/C19H21NO/c1-14-7-9-16(10-8-14)13-20(15(2)21)19-11-17-5-3-4-6-18(17)12-19/h3-10,19H,11-13H2,1-2H3. The number of aryl methyl sites for hydroxylation is 1. The Hall–Kier alpha value is -2.09. The fourth-order valence-corrected chi connectivity index (χ4v) is 3.14. The number of hydrogen-bond donors (Lipinski definition) is 0. The molecule has 1 aliphatic rings. The van der Waals surface area contributed by atoms with Crippen LogP contribution in [0.3, 0.4) is 0 Å². The number of nitrogens with zero attached hydrogens (tertiary/aromatic N) is 1. The fourth-order valence-electron chi connectivity index (χ4n) is 3.14. The molecule has 2 aromatic rings. The van der Waals surface area contributed by atoms with Gasteiger partial charge in [0.15, 0.2) is 0 Å². The van der Waals surface area contributed by atoms with Gasteiger partial charge < -0.3 is 4.90 Å². The molecule has 3 rings (SSSR count). The zero-order valence-corrected chi connectivity index (χ0v) is 12.7. The number of fused-ring (bicyclic) bond motifs is 1. The first kappa shape index (κ1) is 13.9. The van der Waals surface area contributed by atoms with E-state index in [1.807, 2.05) is 4.90 Å². The molecule has 0 heterocycles. The van der Waals surface area contributed by atoms with Crippen LogP contribution in [0.1, 0.15) is 29.2 Å². The molecule has 2 nitrogen and oxygen atoms in total. The van der Waals surface area contributed by atoms with Crippen molar-refractivity contribution in [2.75, 3.05) is 0 Å². The highest BCUT2D eigenvalue weighted by Crippen LogP contribution is 2.26. The molecule has 1 amide bonds. The predicted octanol–water partition coefficient (Wildman–Crippen LogP) is 3.51. The van der Waals surface area contributed by atoms with Crippen LogP contribution in [0.25, 0.3) is 0 Å². The second-order valence-corrected chi connectivity index (χ2v) is 5.96. The number of carbonyl (C=O) groups excluding carboxylic acids is 1. The monoisotopic (exact) mass is 279 g/mol. The first-order chi connectivity index (χ1) is 10.1. The largest absolute Gasteiger partial charge is 0.335 e. The van der Waals surface area contributed by atoms with Crippen molar-refractivity contribution in [2.24, 2.45) is 0 Å². The summed E-state index contributed by atoms with van der Waals surface area (Å²) in [7, 11) is 0. The molecule has 0 atom stereocenters. The average molecular weight is 279 g/mol. The predicted molar refractivity (Wildman–Crippen MR) is 85.0 cm³/mol. The van der Waals surface area contributed by atoms with Gasteiger partial charge in [-0.15, -0.1) is 0 Å². The van der Waals surface area contributed by atoms with E-state index in [0.717, 1.165) is 12.8 Å². The van der Waals surface area contributed by atoms with Crippen molar-refractivity contribution < 1.29 is 4.79 Å². The summed E-state index contributed by atoms with van der Waals surface area (Å²) >= 11 is 0. The van der Waals surface area contributed by atoms with E-state index < -0.39 is 0 Å². The number of amides is 1. The lowest BCUT2D eigenvalue weighted by Crippen LogP contribution is -2.38. The third-order valence-electron chi connectivity index (χ3n) is 4.35. The molecule has 0 saturated carbocycles. The molecule has 0 fully saturated rings. The zero-order chi connectivity index (χ0) is 14.8. The molecule has 0 spiro atoms. The van der Waals surface area contributed by atoms with Crippen molar-refractivity contribution in [3.05, 3.63) is 70.8 Å². The van der Waals surface area contributed by atoms with Crippen molar-refractivity contribution in [3.8, 4) is 0 Å². The van der Waals surface area contributed by atoms with E-state index in [1.165, 1.54) is 22.3 Å². The molecule has 21 heavy (non-hydrogen) atoms. The lowest BCUT2D eigenvalue weighted by Gasteiger charge is -2.28. The highest BCUT2D eigenvalue weighted by atomic mass is 16.2. The van der Waals surface area contributed by atoms with Gasteiger partial charge in [-0.2, -0.15) is 0 Å². The maximum absolute atomic E-state index is 12.1. The normalized spacial score (nSPS) is 14.0. The van der Waals surface area contributed by atoms with E-state index in [9.17, 15) is 4.79 Å². The molecule has 1 aliphatic carbocycles. The number of benzene rings is 2. The van der Waals surface area contributed by atoms with Crippen LogP contribution in [0.5, 0.6) is 0 Å². The lowest BCUT2D eigenvalue weighted by molar-refractivity contribution is -0.131. The van der Waals surface area contributed by atoms with Gasteiger partial charge in [-0.3, -0.25) is 4.79 Å². The maximum Gasteiger partial charge on any atom is 0.220 e. The lowest BCUT2D eigenvalue weighted by atomic mass is 10.1. The van der Waals surface area contributed by atoms with Gasteiger partial charge in [0.1, 0.15) is 0 Å². The van der Waals surface area contributed by atoms with Crippen LogP contribution < -0.4 is 0 Å². The van der Waals surface area contributed by atoms with Gasteiger partial charge in [-0.05, 0) is 36.5 Å². The zero-order valence-electron chi connectivity index (χ0n) is 12.7. The van der Waals surface area contributed by atoms with E-state index in [-0.39, 0.29) is 5.91 Å². The summed E-state index contributed by atoms with van der Waals surface area (Å²) in [5.41, 5.74) is 5.23. The minimum Gasteiger partial charge on any atom is -0.335 e. The van der Waals surface area contributed by atoms with Crippen molar-refractivity contribution in [2.45, 2.75) is 39.3 Å². The summed E-state index contributed by atoms with van der Waals surface area (Å²) in [4.78, 5) is 14.1. The smallest absolute Gasteiger partial charge is 0.220 e. The Morgan fingerprint density at radius 3 is 2.14 bits per heavy atom. The summed E-state index contributed by atoms with van der Waals surface area (Å²) in [5, 5.41) is 0. The fraction of sp³-hybridized carbons (Fsp3) is 0.316. The average Bonchev–Trinajstić information content (AvgIpc) is 2.89. The summed E-state index contributed by atoms with van der Waals surface area (Å²) in [5.74, 6) is 0.161. The minimum absolute atomic E-state index is 0.161. The van der Waals surface area contributed by atoms with Crippen LogP contribution in [0.15, 0.2) is 48.5 Å². The van der Waals surface area contributed by atoms with Crippen LogP contribution in [0, 0.1) is 6.92 Å². The first-order valence-corrected chi connectivity index (χ1v) is 7.53. The van der Waals surface area contributed by atoms with E-state index in [1.54, 1.807) is 6.92 Å². The molecule has 2 aromatic carbocycles. The van der Waals surface area contributed by atoms with Gasteiger partial charge in [0.2, 0.25) is 5.91 Å². The van der Waals surface area contributed by atoms with Crippen LogP contribution in [0.2, 0.25) is 0 Å². The molecule has 0 saturated heterocycles. The van der Waals surface area contributed by atoms with E-state index in [2.05, 4.69) is 55.5 Å². The summed E-state index contributed by atoms with van der Waals surface area (Å²) < 4.78 is 0. The summed E-state index contributed by atoms with van der Waals surface area (Å²) in [6.45, 7) is 4.46. The van der Waals surface area contributed by atoms with Gasteiger partial charge in [0.25, 0.3) is 0 Å². The molecule has 0 unspecified atom stereocenters. The summed E-state index contributed by atoms with van der Waals surface area (Å²) in [6.07, 6.45) is 1.95. The SMILES string of the molecule is CC(=O)N(Cc1ccc(C)cc1)C1Cc2ccccc2C1. The van der Waals surface area contributed by atoms with Gasteiger partial charge in [-0.1, -0.05) is 54.1 Å². The van der Waals surface area contributed by atoms with Gasteiger partial charge in [0, 0.05) is 19.5 Å². The molecule has 0 bridgehead atoms. The number of hydrogen-bond acceptors (Lipinski definition) is 1. The minimum atomic E-state index is 0.161. The van der Waals surface area contributed by atoms with Crippen molar-refractivity contribution in [1.29, 1.82) is 0 Å². The molecule has 2 heteroatoms. The Morgan fingerprint density at radius 2 is 1.62 bits per heavy atom. The van der Waals surface area contributed by atoms with E-state index >= 15 is 0 Å². The Morgan fingerprint density at radius 1 is 1.05 bits per heavy atom.